The lowest BCUT2D eigenvalue weighted by atomic mass is 10.6. The van der Waals surface area contributed by atoms with Crippen molar-refractivity contribution in [1.82, 2.24) is 9.19 Å². The van der Waals surface area contributed by atoms with Gasteiger partial charge in [-0.15, -0.1) is 0 Å². The Bertz CT molecular complexity index is 340. The summed E-state index contributed by atoms with van der Waals surface area (Å²) in [5.74, 6) is 0.0219. The number of hydrogen-bond acceptors (Lipinski definition) is 4. The highest BCUT2D eigenvalue weighted by Crippen LogP contribution is 2.01. The van der Waals surface area contributed by atoms with Crippen molar-refractivity contribution in [3.05, 3.63) is 12.4 Å². The van der Waals surface area contributed by atoms with Crippen molar-refractivity contribution in [2.75, 3.05) is 11.5 Å². The number of anilines is 1. The Balaban J connectivity index is 3.13. The largest absolute Gasteiger partial charge is 0.396 e. The van der Waals surface area contributed by atoms with E-state index in [1.165, 1.54) is 12.4 Å². The summed E-state index contributed by atoms with van der Waals surface area (Å²) in [4.78, 5) is 0. The van der Waals surface area contributed by atoms with Crippen LogP contribution in [0.15, 0.2) is 12.4 Å². The highest BCUT2D eigenvalue weighted by molar-refractivity contribution is 7.89. The minimum absolute atomic E-state index is 0.0219. The number of nitrogens with zero attached hydrogens (tertiary/aromatic N) is 2. The van der Waals surface area contributed by atoms with E-state index < -0.39 is 10.0 Å². The lowest BCUT2D eigenvalue weighted by Crippen LogP contribution is -2.14. The van der Waals surface area contributed by atoms with Crippen LogP contribution in [0.3, 0.4) is 0 Å². The van der Waals surface area contributed by atoms with Gasteiger partial charge >= 0.3 is 0 Å². The maximum absolute atomic E-state index is 11.1. The van der Waals surface area contributed by atoms with E-state index in [-0.39, 0.29) is 5.75 Å². The van der Waals surface area contributed by atoms with Gasteiger partial charge in [-0.05, 0) is 6.92 Å². The highest BCUT2D eigenvalue weighted by Gasteiger charge is 2.09. The van der Waals surface area contributed by atoms with Crippen LogP contribution < -0.4 is 5.73 Å². The van der Waals surface area contributed by atoms with Crippen LogP contribution >= 0.6 is 0 Å². The molecule has 0 amide bonds. The molecule has 11 heavy (non-hydrogen) atoms. The summed E-state index contributed by atoms with van der Waals surface area (Å²) in [6.45, 7) is 1.55. The molecule has 2 N–H and O–H groups in total. The standard InChI is InChI=1S/C5H9N3O2S/c1-2-11(9,10)8-4-5(6)3-7-8/h3-4H,2,6H2,1H3. The Kier molecular flexibility index (Phi) is 1.86. The molecule has 0 saturated heterocycles. The molecular formula is C5H9N3O2S. The van der Waals surface area contributed by atoms with Gasteiger partial charge in [0.1, 0.15) is 0 Å². The zero-order chi connectivity index (χ0) is 8.48. The summed E-state index contributed by atoms with van der Waals surface area (Å²) < 4.78 is 23.0. The van der Waals surface area contributed by atoms with E-state index >= 15 is 0 Å². The zero-order valence-corrected chi connectivity index (χ0v) is 6.87. The molecule has 0 aliphatic carbocycles. The second-order valence-electron chi connectivity index (χ2n) is 2.05. The second kappa shape index (κ2) is 2.54. The summed E-state index contributed by atoms with van der Waals surface area (Å²) in [6.07, 6.45) is 2.58. The maximum Gasteiger partial charge on any atom is 0.253 e. The molecule has 1 heterocycles. The fourth-order valence-electron chi connectivity index (χ4n) is 0.602. The van der Waals surface area contributed by atoms with E-state index in [9.17, 15) is 8.42 Å². The molecule has 0 aromatic carbocycles. The molecule has 0 bridgehead atoms. The Labute approximate surface area is 64.9 Å². The van der Waals surface area contributed by atoms with Crippen LogP contribution in [0.1, 0.15) is 6.92 Å². The van der Waals surface area contributed by atoms with Crippen LogP contribution in [0.25, 0.3) is 0 Å². The van der Waals surface area contributed by atoms with Gasteiger partial charge in [-0.2, -0.15) is 9.19 Å². The molecule has 1 aromatic heterocycles. The third-order valence-electron chi connectivity index (χ3n) is 1.23. The quantitative estimate of drug-likeness (QED) is 0.667. The van der Waals surface area contributed by atoms with Gasteiger partial charge in [0.15, 0.2) is 0 Å². The molecule has 0 unspecified atom stereocenters. The first-order chi connectivity index (χ1) is 5.06. The minimum Gasteiger partial charge on any atom is -0.396 e. The second-order valence-corrected chi connectivity index (χ2v) is 4.16. The first kappa shape index (κ1) is 8.06. The van der Waals surface area contributed by atoms with E-state index in [1.807, 2.05) is 0 Å². The van der Waals surface area contributed by atoms with Crippen molar-refractivity contribution in [3.8, 4) is 0 Å². The first-order valence-corrected chi connectivity index (χ1v) is 4.70. The average molecular weight is 175 g/mol. The molecule has 0 aliphatic heterocycles. The van der Waals surface area contributed by atoms with Gasteiger partial charge in [-0.1, -0.05) is 0 Å². The summed E-state index contributed by atoms with van der Waals surface area (Å²) in [5.41, 5.74) is 5.63. The molecule has 0 radical (unpaired) electrons. The number of aromatic nitrogens is 2. The Morgan fingerprint density at radius 3 is 2.73 bits per heavy atom. The first-order valence-electron chi connectivity index (χ1n) is 3.09. The third kappa shape index (κ3) is 1.51. The molecule has 1 aromatic rings. The molecule has 6 heteroatoms. The third-order valence-corrected chi connectivity index (χ3v) is 2.73. The van der Waals surface area contributed by atoms with Gasteiger partial charge in [-0.25, -0.2) is 8.42 Å². The number of hydrogen-bond donors (Lipinski definition) is 1. The fourth-order valence-corrected chi connectivity index (χ4v) is 1.34. The summed E-state index contributed by atoms with van der Waals surface area (Å²) in [7, 11) is -3.25. The maximum atomic E-state index is 11.1. The number of nitrogen functional groups attached to an aromatic ring is 1. The Hall–Kier alpha value is -1.04. The highest BCUT2D eigenvalue weighted by atomic mass is 32.2. The zero-order valence-electron chi connectivity index (χ0n) is 6.06. The Morgan fingerprint density at radius 1 is 1.73 bits per heavy atom. The van der Waals surface area contributed by atoms with E-state index in [0.717, 1.165) is 4.09 Å². The number of nitrogens with two attached hydrogens (primary N) is 1. The van der Waals surface area contributed by atoms with Crippen LogP contribution in [0.5, 0.6) is 0 Å². The Morgan fingerprint density at radius 2 is 2.36 bits per heavy atom. The molecule has 62 valence electrons. The van der Waals surface area contributed by atoms with Gasteiger partial charge in [0, 0.05) is 0 Å². The van der Waals surface area contributed by atoms with Crippen LogP contribution in [0, 0.1) is 0 Å². The molecular weight excluding hydrogens is 166 g/mol. The van der Waals surface area contributed by atoms with Crippen LogP contribution in [-0.4, -0.2) is 23.4 Å². The predicted octanol–water partition coefficient (Wildman–Crippen LogP) is -0.337. The molecule has 0 atom stereocenters. The van der Waals surface area contributed by atoms with Gasteiger partial charge < -0.3 is 5.73 Å². The lowest BCUT2D eigenvalue weighted by molar-refractivity contribution is 0.581. The van der Waals surface area contributed by atoms with E-state index in [4.69, 9.17) is 5.73 Å². The molecule has 0 saturated carbocycles. The van der Waals surface area contributed by atoms with Gasteiger partial charge in [0.25, 0.3) is 10.0 Å². The van der Waals surface area contributed by atoms with Gasteiger partial charge in [0.05, 0.1) is 23.8 Å². The van der Waals surface area contributed by atoms with E-state index in [0.29, 0.717) is 5.69 Å². The van der Waals surface area contributed by atoms with Crippen molar-refractivity contribution in [3.63, 3.8) is 0 Å². The monoisotopic (exact) mass is 175 g/mol. The molecule has 0 spiro atoms. The van der Waals surface area contributed by atoms with E-state index in [2.05, 4.69) is 5.10 Å². The normalized spacial score (nSPS) is 11.7. The van der Waals surface area contributed by atoms with Crippen molar-refractivity contribution in [2.45, 2.75) is 6.92 Å². The molecule has 0 fully saturated rings. The summed E-state index contributed by atoms with van der Waals surface area (Å²) in [6, 6.07) is 0. The van der Waals surface area contributed by atoms with Crippen LogP contribution in [-0.2, 0) is 10.0 Å². The molecule has 1 rings (SSSR count). The van der Waals surface area contributed by atoms with Gasteiger partial charge in [0.2, 0.25) is 0 Å². The van der Waals surface area contributed by atoms with E-state index in [1.54, 1.807) is 6.92 Å². The van der Waals surface area contributed by atoms with Crippen molar-refractivity contribution >= 4 is 15.7 Å². The summed E-state index contributed by atoms with van der Waals surface area (Å²) >= 11 is 0. The van der Waals surface area contributed by atoms with Crippen LogP contribution in [0.2, 0.25) is 0 Å². The minimum atomic E-state index is -3.25. The van der Waals surface area contributed by atoms with Crippen molar-refractivity contribution < 1.29 is 8.42 Å². The summed E-state index contributed by atoms with van der Waals surface area (Å²) in [5, 5.41) is 3.56. The van der Waals surface area contributed by atoms with Crippen molar-refractivity contribution in [1.29, 1.82) is 0 Å². The van der Waals surface area contributed by atoms with Gasteiger partial charge in [-0.3, -0.25) is 0 Å². The topological polar surface area (TPSA) is 78.0 Å². The molecule has 0 aliphatic rings. The molecule has 5 nitrogen and oxygen atoms in total. The fraction of sp³-hybridized carbons (Fsp3) is 0.400. The van der Waals surface area contributed by atoms with Crippen LogP contribution in [0.4, 0.5) is 5.69 Å². The number of rotatable bonds is 2. The lowest BCUT2D eigenvalue weighted by Gasteiger charge is -1.97. The SMILES string of the molecule is CCS(=O)(=O)n1cc(N)cn1. The average Bonchev–Trinajstić information content (AvgIpc) is 2.36. The smallest absolute Gasteiger partial charge is 0.253 e. The van der Waals surface area contributed by atoms with Crippen molar-refractivity contribution in [2.24, 2.45) is 0 Å². The predicted molar refractivity (Wildman–Crippen MR) is 41.5 cm³/mol.